The zero-order valence-corrected chi connectivity index (χ0v) is 18.5. The highest BCUT2D eigenvalue weighted by Gasteiger charge is 2.34. The summed E-state index contributed by atoms with van der Waals surface area (Å²) in [6.07, 6.45) is 4.53. The predicted molar refractivity (Wildman–Crippen MR) is 121 cm³/mol. The van der Waals surface area contributed by atoms with Crippen LogP contribution in [0.5, 0.6) is 5.75 Å². The van der Waals surface area contributed by atoms with Gasteiger partial charge in [0, 0.05) is 16.9 Å². The highest BCUT2D eigenvalue weighted by molar-refractivity contribution is 8.24. The number of fused-ring (bicyclic) bond motifs is 3. The van der Waals surface area contributed by atoms with Gasteiger partial charge < -0.3 is 9.47 Å². The fourth-order valence-electron chi connectivity index (χ4n) is 4.34. The van der Waals surface area contributed by atoms with Crippen LogP contribution >= 0.6 is 10.6 Å². The standard InChI is InChI=1S/C24H30O5S/c1-24(10-12-30(26,27)13-11-24)16-29-20-8-9-21-18(14-20)5-3-4-17-6-7-19(15-22(17)21)23(25)28-2/h6-9,14-15,26-27H,3-5,10-13,16H2,1-2H3. The third-order valence-corrected chi connectivity index (χ3v) is 8.16. The molecule has 162 valence electrons. The molecule has 6 heteroatoms. The van der Waals surface area contributed by atoms with Crippen LogP contribution in [0.1, 0.15) is 47.7 Å². The molecule has 30 heavy (non-hydrogen) atoms. The molecule has 0 bridgehead atoms. The van der Waals surface area contributed by atoms with Gasteiger partial charge in [0.05, 0.1) is 19.3 Å². The number of benzene rings is 2. The Morgan fingerprint density at radius 2 is 1.77 bits per heavy atom. The maximum absolute atomic E-state index is 12.0. The molecule has 2 N–H and O–H groups in total. The number of carbonyl (C=O) groups is 1. The van der Waals surface area contributed by atoms with Crippen molar-refractivity contribution in [3.8, 4) is 16.9 Å². The zero-order valence-electron chi connectivity index (χ0n) is 17.6. The van der Waals surface area contributed by atoms with Crippen molar-refractivity contribution in [2.45, 2.75) is 39.0 Å². The first-order valence-corrected chi connectivity index (χ1v) is 12.4. The van der Waals surface area contributed by atoms with E-state index < -0.39 is 10.6 Å². The van der Waals surface area contributed by atoms with Gasteiger partial charge in [-0.2, -0.15) is 10.6 Å². The van der Waals surface area contributed by atoms with E-state index >= 15 is 0 Å². The largest absolute Gasteiger partial charge is 0.493 e. The number of carbonyl (C=O) groups excluding carboxylic acids is 1. The summed E-state index contributed by atoms with van der Waals surface area (Å²) in [7, 11) is -0.978. The Labute approximate surface area is 179 Å². The first-order chi connectivity index (χ1) is 14.3. The van der Waals surface area contributed by atoms with Crippen LogP contribution in [0.15, 0.2) is 36.4 Å². The summed E-state index contributed by atoms with van der Waals surface area (Å²) >= 11 is 0. The Kier molecular flexibility index (Phi) is 5.84. The van der Waals surface area contributed by atoms with E-state index in [1.54, 1.807) is 0 Å². The quantitative estimate of drug-likeness (QED) is 0.621. The maximum Gasteiger partial charge on any atom is 0.337 e. The molecule has 2 aromatic rings. The van der Waals surface area contributed by atoms with E-state index in [0.29, 0.717) is 23.7 Å². The normalized spacial score (nSPS) is 20.3. The molecule has 0 atom stereocenters. The average Bonchev–Trinajstić information content (AvgIpc) is 2.92. The molecule has 2 aromatic carbocycles. The molecule has 5 nitrogen and oxygen atoms in total. The van der Waals surface area contributed by atoms with Crippen LogP contribution in [0.3, 0.4) is 0 Å². The third kappa shape index (κ3) is 4.51. The van der Waals surface area contributed by atoms with Crippen LogP contribution in [0.4, 0.5) is 0 Å². The molecule has 4 rings (SSSR count). The number of methoxy groups -OCH3 is 1. The van der Waals surface area contributed by atoms with E-state index in [-0.39, 0.29) is 11.4 Å². The van der Waals surface area contributed by atoms with Crippen molar-refractivity contribution in [1.29, 1.82) is 0 Å². The molecule has 0 amide bonds. The lowest BCUT2D eigenvalue weighted by atomic mass is 9.85. The van der Waals surface area contributed by atoms with Gasteiger partial charge in [0.15, 0.2) is 0 Å². The summed E-state index contributed by atoms with van der Waals surface area (Å²) in [6.45, 7) is 2.74. The molecule has 0 radical (unpaired) electrons. The molecule has 1 aliphatic carbocycles. The Morgan fingerprint density at radius 3 is 2.50 bits per heavy atom. The zero-order chi connectivity index (χ0) is 21.4. The minimum atomic E-state index is -2.38. The molecule has 1 aliphatic heterocycles. The second-order valence-corrected chi connectivity index (χ2v) is 11.3. The van der Waals surface area contributed by atoms with Gasteiger partial charge in [-0.15, -0.1) is 0 Å². The van der Waals surface area contributed by atoms with Gasteiger partial charge in [-0.05, 0) is 78.6 Å². The molecule has 0 spiro atoms. The summed E-state index contributed by atoms with van der Waals surface area (Å²) in [5.41, 5.74) is 5.28. The van der Waals surface area contributed by atoms with Gasteiger partial charge in [0.25, 0.3) is 0 Å². The molecule has 0 aromatic heterocycles. The Balaban J connectivity index is 1.54. The number of ether oxygens (including phenoxy) is 2. The van der Waals surface area contributed by atoms with Gasteiger partial charge in [-0.1, -0.05) is 19.1 Å². The van der Waals surface area contributed by atoms with Crippen molar-refractivity contribution in [3.63, 3.8) is 0 Å². The molecule has 0 unspecified atom stereocenters. The number of hydrogen-bond donors (Lipinski definition) is 2. The lowest BCUT2D eigenvalue weighted by Gasteiger charge is -2.44. The van der Waals surface area contributed by atoms with Crippen molar-refractivity contribution < 1.29 is 23.4 Å². The van der Waals surface area contributed by atoms with Gasteiger partial charge in [0.2, 0.25) is 0 Å². The van der Waals surface area contributed by atoms with Gasteiger partial charge in [0.1, 0.15) is 5.75 Å². The Bertz CT molecular complexity index is 943. The average molecular weight is 431 g/mol. The lowest BCUT2D eigenvalue weighted by molar-refractivity contribution is 0.0600. The van der Waals surface area contributed by atoms with E-state index in [1.165, 1.54) is 18.2 Å². The number of esters is 1. The van der Waals surface area contributed by atoms with Crippen LogP contribution in [0.2, 0.25) is 0 Å². The van der Waals surface area contributed by atoms with E-state index in [4.69, 9.17) is 9.47 Å². The van der Waals surface area contributed by atoms with Crippen molar-refractivity contribution in [3.05, 3.63) is 53.1 Å². The molecule has 1 fully saturated rings. The number of rotatable bonds is 4. The van der Waals surface area contributed by atoms with Gasteiger partial charge in [-0.25, -0.2) is 4.79 Å². The lowest BCUT2D eigenvalue weighted by Crippen LogP contribution is -2.34. The Morgan fingerprint density at radius 1 is 1.03 bits per heavy atom. The van der Waals surface area contributed by atoms with Crippen LogP contribution in [-0.4, -0.2) is 40.3 Å². The van der Waals surface area contributed by atoms with Crippen molar-refractivity contribution >= 4 is 16.6 Å². The van der Waals surface area contributed by atoms with Crippen molar-refractivity contribution in [2.75, 3.05) is 25.2 Å². The summed E-state index contributed by atoms with van der Waals surface area (Å²) in [5.74, 6) is 1.47. The second kappa shape index (κ2) is 8.25. The third-order valence-electron chi connectivity index (χ3n) is 6.44. The van der Waals surface area contributed by atoms with Crippen LogP contribution in [0.25, 0.3) is 11.1 Å². The van der Waals surface area contributed by atoms with E-state index in [1.807, 2.05) is 24.3 Å². The summed E-state index contributed by atoms with van der Waals surface area (Å²) < 4.78 is 30.8. The second-order valence-electron chi connectivity index (χ2n) is 8.85. The van der Waals surface area contributed by atoms with E-state index in [0.717, 1.165) is 49.0 Å². The minimum Gasteiger partial charge on any atom is -0.493 e. The van der Waals surface area contributed by atoms with E-state index in [2.05, 4.69) is 19.1 Å². The topological polar surface area (TPSA) is 76.0 Å². The molecule has 1 heterocycles. The summed E-state index contributed by atoms with van der Waals surface area (Å²) in [5, 5.41) is 0. The highest BCUT2D eigenvalue weighted by atomic mass is 32.3. The fraction of sp³-hybridized carbons (Fsp3) is 0.458. The van der Waals surface area contributed by atoms with Crippen molar-refractivity contribution in [1.82, 2.24) is 0 Å². The SMILES string of the molecule is COC(=O)c1ccc2c(c1)-c1ccc(OCC3(C)CCS(O)(O)CC3)cc1CCC2. The molecule has 2 aliphatic rings. The van der Waals surface area contributed by atoms with Crippen molar-refractivity contribution in [2.24, 2.45) is 5.41 Å². The van der Waals surface area contributed by atoms with Crippen LogP contribution in [0, 0.1) is 5.41 Å². The number of aryl methyl sites for hydroxylation is 2. The summed E-state index contributed by atoms with van der Waals surface area (Å²) in [4.78, 5) is 12.0. The molecule has 0 saturated carbocycles. The first kappa shape index (κ1) is 21.2. The van der Waals surface area contributed by atoms with Crippen LogP contribution in [-0.2, 0) is 17.6 Å². The molecular weight excluding hydrogens is 400 g/mol. The smallest absolute Gasteiger partial charge is 0.337 e. The number of hydrogen-bond acceptors (Lipinski definition) is 5. The van der Waals surface area contributed by atoms with Crippen LogP contribution < -0.4 is 4.74 Å². The monoisotopic (exact) mass is 430 g/mol. The first-order valence-electron chi connectivity index (χ1n) is 10.5. The highest BCUT2D eigenvalue weighted by Crippen LogP contribution is 2.50. The minimum absolute atomic E-state index is 0.0310. The molecular formula is C24H30O5S. The Hall–Kier alpha value is -2.02. The van der Waals surface area contributed by atoms with Gasteiger partial charge in [-0.3, -0.25) is 9.11 Å². The maximum atomic E-state index is 12.0. The predicted octanol–water partition coefficient (Wildman–Crippen LogP) is 5.56. The van der Waals surface area contributed by atoms with E-state index in [9.17, 15) is 13.9 Å². The summed E-state index contributed by atoms with van der Waals surface area (Å²) in [6, 6.07) is 12.0. The van der Waals surface area contributed by atoms with Gasteiger partial charge >= 0.3 is 5.97 Å². The fourth-order valence-corrected chi connectivity index (χ4v) is 6.18. The molecule has 1 saturated heterocycles.